The molecule has 4 rings (SSSR count). The molecule has 220 valence electrons. The van der Waals surface area contributed by atoms with Crippen LogP contribution in [-0.4, -0.2) is 54.6 Å². The van der Waals surface area contributed by atoms with E-state index in [1.54, 1.807) is 18.2 Å². The van der Waals surface area contributed by atoms with Crippen LogP contribution in [0.15, 0.2) is 106 Å². The molecule has 0 saturated heterocycles. The number of nitrogens with one attached hydrogen (secondary N) is 1. The quantitative estimate of drug-likeness (QED) is 0.236. The summed E-state index contributed by atoms with van der Waals surface area (Å²) in [7, 11) is -2.60. The fraction of sp³-hybridized carbons (Fsp3) is 0.273. The minimum absolute atomic E-state index is 0.0993. The Labute approximate surface area is 256 Å². The van der Waals surface area contributed by atoms with Gasteiger partial charge in [-0.25, -0.2) is 8.42 Å². The molecule has 0 bridgehead atoms. The number of amides is 2. The highest BCUT2D eigenvalue weighted by atomic mass is 79.9. The van der Waals surface area contributed by atoms with Crippen molar-refractivity contribution in [2.24, 2.45) is 0 Å². The second kappa shape index (κ2) is 13.2. The number of carbonyl (C=O) groups excluding carboxylic acids is 2. The summed E-state index contributed by atoms with van der Waals surface area (Å²) in [6.45, 7) is 5.35. The Morgan fingerprint density at radius 2 is 1.45 bits per heavy atom. The van der Waals surface area contributed by atoms with Crippen LogP contribution in [0, 0.1) is 0 Å². The number of carbonyl (C=O) groups is 2. The zero-order valence-electron chi connectivity index (χ0n) is 24.2. The van der Waals surface area contributed by atoms with Gasteiger partial charge in [0.15, 0.2) is 0 Å². The molecule has 1 N–H and O–H groups in total. The average molecular weight is 651 g/mol. The maximum Gasteiger partial charge on any atom is 0.243 e. The lowest BCUT2D eigenvalue weighted by atomic mass is 10.0. The summed E-state index contributed by atoms with van der Waals surface area (Å²) in [6, 6.07) is 28.5. The van der Waals surface area contributed by atoms with E-state index in [4.69, 9.17) is 0 Å². The van der Waals surface area contributed by atoms with E-state index in [0.29, 0.717) is 0 Å². The zero-order valence-corrected chi connectivity index (χ0v) is 26.7. The summed E-state index contributed by atoms with van der Waals surface area (Å²) >= 11 is 3.44. The maximum atomic E-state index is 14.0. The number of hydrogen-bond acceptors (Lipinski definition) is 4. The normalized spacial score (nSPS) is 12.7. The van der Waals surface area contributed by atoms with Gasteiger partial charge in [-0.1, -0.05) is 88.7 Å². The van der Waals surface area contributed by atoms with Crippen LogP contribution in [0.5, 0.6) is 0 Å². The molecule has 0 aliphatic carbocycles. The van der Waals surface area contributed by atoms with Gasteiger partial charge in [0.1, 0.15) is 6.04 Å². The van der Waals surface area contributed by atoms with E-state index >= 15 is 0 Å². The third-order valence-electron chi connectivity index (χ3n) is 6.82. The largest absolute Gasteiger partial charge is 0.350 e. The molecule has 4 aromatic rings. The molecule has 9 heteroatoms. The van der Waals surface area contributed by atoms with Gasteiger partial charge in [-0.05, 0) is 66.9 Å². The molecule has 0 aliphatic rings. The molecule has 0 heterocycles. The SMILES string of the molecule is CN(CC(=O)N(Cc1ccc(Br)cc1)[C@@H](Cc1ccccc1)C(=O)NC(C)(C)C)S(=O)(=O)c1ccc2ccccc2c1. The van der Waals surface area contributed by atoms with Crippen molar-refractivity contribution in [3.05, 3.63) is 113 Å². The highest BCUT2D eigenvalue weighted by molar-refractivity contribution is 9.10. The van der Waals surface area contributed by atoms with Crippen molar-refractivity contribution in [1.82, 2.24) is 14.5 Å². The lowest BCUT2D eigenvalue weighted by Crippen LogP contribution is -2.56. The van der Waals surface area contributed by atoms with Crippen LogP contribution in [-0.2, 0) is 32.6 Å². The van der Waals surface area contributed by atoms with Gasteiger partial charge in [0, 0.05) is 30.0 Å². The van der Waals surface area contributed by atoms with Gasteiger partial charge in [0.05, 0.1) is 11.4 Å². The first-order valence-corrected chi connectivity index (χ1v) is 15.9. The third kappa shape index (κ3) is 8.06. The lowest BCUT2D eigenvalue weighted by molar-refractivity contribution is -0.141. The molecule has 0 aliphatic heterocycles. The van der Waals surface area contributed by atoms with Gasteiger partial charge < -0.3 is 10.2 Å². The summed E-state index contributed by atoms with van der Waals surface area (Å²) in [5.74, 6) is -0.786. The van der Waals surface area contributed by atoms with Gasteiger partial charge in [0.2, 0.25) is 21.8 Å². The van der Waals surface area contributed by atoms with Crippen LogP contribution >= 0.6 is 15.9 Å². The number of hydrogen-bond donors (Lipinski definition) is 1. The predicted octanol–water partition coefficient (Wildman–Crippen LogP) is 5.78. The first kappa shape index (κ1) is 31.4. The van der Waals surface area contributed by atoms with Crippen LogP contribution in [0.25, 0.3) is 10.8 Å². The lowest BCUT2D eigenvalue weighted by Gasteiger charge is -2.34. The average Bonchev–Trinajstić information content (AvgIpc) is 2.95. The minimum atomic E-state index is -3.99. The predicted molar refractivity (Wildman–Crippen MR) is 170 cm³/mol. The summed E-state index contributed by atoms with van der Waals surface area (Å²) in [4.78, 5) is 29.4. The van der Waals surface area contributed by atoms with Crippen molar-refractivity contribution in [3.8, 4) is 0 Å². The summed E-state index contributed by atoms with van der Waals surface area (Å²) < 4.78 is 29.1. The molecule has 0 unspecified atom stereocenters. The fourth-order valence-corrected chi connectivity index (χ4v) is 6.09. The molecule has 42 heavy (non-hydrogen) atoms. The molecule has 4 aromatic carbocycles. The second-order valence-electron chi connectivity index (χ2n) is 11.4. The molecule has 0 fully saturated rings. The molecule has 0 aromatic heterocycles. The summed E-state index contributed by atoms with van der Waals surface area (Å²) in [5, 5.41) is 4.73. The van der Waals surface area contributed by atoms with E-state index in [-0.39, 0.29) is 23.8 Å². The van der Waals surface area contributed by atoms with Gasteiger partial charge in [-0.2, -0.15) is 4.31 Å². The van der Waals surface area contributed by atoms with Crippen LogP contribution in [0.2, 0.25) is 0 Å². The van der Waals surface area contributed by atoms with Crippen molar-refractivity contribution in [2.45, 2.75) is 50.2 Å². The first-order valence-electron chi connectivity index (χ1n) is 13.7. The van der Waals surface area contributed by atoms with Gasteiger partial charge >= 0.3 is 0 Å². The third-order valence-corrected chi connectivity index (χ3v) is 9.15. The summed E-state index contributed by atoms with van der Waals surface area (Å²) in [6.07, 6.45) is 0.270. The maximum absolute atomic E-state index is 14.0. The van der Waals surface area contributed by atoms with Gasteiger partial charge in [0.25, 0.3) is 0 Å². The molecule has 0 spiro atoms. The van der Waals surface area contributed by atoms with E-state index in [1.165, 1.54) is 11.9 Å². The Hall–Kier alpha value is -3.53. The Morgan fingerprint density at radius 3 is 2.10 bits per heavy atom. The van der Waals surface area contributed by atoms with Crippen molar-refractivity contribution in [1.29, 1.82) is 0 Å². The minimum Gasteiger partial charge on any atom is -0.350 e. The molecule has 1 atom stereocenters. The number of rotatable bonds is 10. The highest BCUT2D eigenvalue weighted by Crippen LogP contribution is 2.23. The summed E-state index contributed by atoms with van der Waals surface area (Å²) in [5.41, 5.74) is 1.17. The van der Waals surface area contributed by atoms with Crippen molar-refractivity contribution >= 4 is 48.5 Å². The number of benzene rings is 4. The standard InChI is InChI=1S/C33H36BrN3O4S/c1-33(2,3)35-32(39)30(20-24-10-6-5-7-11-24)37(22-25-14-17-28(34)18-15-25)31(38)23-36(4)42(40,41)29-19-16-26-12-8-9-13-27(26)21-29/h5-19,21,30H,20,22-23H2,1-4H3,(H,35,39)/t30-/m0/s1. The Balaban J connectivity index is 1.68. The van der Waals surface area contributed by atoms with Crippen molar-refractivity contribution in [2.75, 3.05) is 13.6 Å². The van der Waals surface area contributed by atoms with Crippen molar-refractivity contribution < 1.29 is 18.0 Å². The fourth-order valence-electron chi connectivity index (χ4n) is 4.67. The molecular weight excluding hydrogens is 614 g/mol. The van der Waals surface area contributed by atoms with Crippen LogP contribution in [0.1, 0.15) is 31.9 Å². The Morgan fingerprint density at radius 1 is 0.833 bits per heavy atom. The molecular formula is C33H36BrN3O4S. The second-order valence-corrected chi connectivity index (χ2v) is 14.3. The smallest absolute Gasteiger partial charge is 0.243 e. The first-order chi connectivity index (χ1) is 19.8. The van der Waals surface area contributed by atoms with Crippen LogP contribution in [0.3, 0.4) is 0 Å². The number of fused-ring (bicyclic) bond motifs is 1. The van der Waals surface area contributed by atoms with Crippen LogP contribution in [0.4, 0.5) is 0 Å². The molecule has 2 amide bonds. The molecule has 7 nitrogen and oxygen atoms in total. The van der Waals surface area contributed by atoms with Gasteiger partial charge in [-0.15, -0.1) is 0 Å². The topological polar surface area (TPSA) is 86.8 Å². The van der Waals surface area contributed by atoms with E-state index in [1.807, 2.05) is 99.6 Å². The van der Waals surface area contributed by atoms with E-state index in [9.17, 15) is 18.0 Å². The Kier molecular flexibility index (Phi) is 9.86. The number of likely N-dealkylation sites (N-methyl/N-ethyl adjacent to an activating group) is 1. The van der Waals surface area contributed by atoms with Crippen LogP contribution < -0.4 is 5.32 Å². The molecule has 0 saturated carbocycles. The van der Waals surface area contributed by atoms with Crippen molar-refractivity contribution in [3.63, 3.8) is 0 Å². The number of nitrogens with zero attached hydrogens (tertiary/aromatic N) is 2. The van der Waals surface area contributed by atoms with E-state index in [2.05, 4.69) is 21.2 Å². The monoisotopic (exact) mass is 649 g/mol. The van der Waals surface area contributed by atoms with E-state index in [0.717, 1.165) is 30.7 Å². The molecule has 0 radical (unpaired) electrons. The van der Waals surface area contributed by atoms with E-state index < -0.39 is 34.1 Å². The van der Waals surface area contributed by atoms with Gasteiger partial charge in [-0.3, -0.25) is 9.59 Å². The number of halogens is 1. The number of sulfonamides is 1. The highest BCUT2D eigenvalue weighted by Gasteiger charge is 2.34. The Bertz CT molecular complexity index is 1650. The zero-order chi connectivity index (χ0) is 30.5.